The molecule has 5 N–H and O–H groups in total. The van der Waals surface area contributed by atoms with Crippen molar-refractivity contribution in [3.05, 3.63) is 96.1 Å². The van der Waals surface area contributed by atoms with Crippen LogP contribution in [-0.2, 0) is 0 Å². The van der Waals surface area contributed by atoms with E-state index < -0.39 is 0 Å². The smallest absolute Gasteiger partial charge is 0.169 e. The normalized spacial score (nSPS) is 11.2. The summed E-state index contributed by atoms with van der Waals surface area (Å²) < 4.78 is 11.9. The second kappa shape index (κ2) is 12.7. The molecule has 0 aliphatic heterocycles. The number of fused-ring (bicyclic) bond motifs is 2. The molecule has 10 nitrogen and oxygen atoms in total. The first-order valence-electron chi connectivity index (χ1n) is 15.3. The Bertz CT molecular complexity index is 2180. The number of methoxy groups -OCH3 is 1. The summed E-state index contributed by atoms with van der Waals surface area (Å²) in [5.74, 6) is 3.00. The maximum absolute atomic E-state index is 10.0. The molecule has 0 saturated heterocycles. The Hall–Kier alpha value is -6.08. The van der Waals surface area contributed by atoms with Gasteiger partial charge in [-0.1, -0.05) is 12.6 Å². The van der Waals surface area contributed by atoms with E-state index in [0.717, 1.165) is 50.0 Å². The van der Waals surface area contributed by atoms with E-state index in [2.05, 4.69) is 47.1 Å². The lowest BCUT2D eigenvalue weighted by Crippen LogP contribution is -2.30. The van der Waals surface area contributed by atoms with Crippen LogP contribution in [0.15, 0.2) is 79.4 Å². The van der Waals surface area contributed by atoms with Crippen molar-refractivity contribution >= 4 is 33.6 Å². The summed E-state index contributed by atoms with van der Waals surface area (Å²) in [4.78, 5) is 16.2. The van der Waals surface area contributed by atoms with Gasteiger partial charge in [0.15, 0.2) is 11.5 Å². The molecule has 4 aromatic carbocycles. The Balaban J connectivity index is 1.24. The van der Waals surface area contributed by atoms with Gasteiger partial charge >= 0.3 is 0 Å². The molecule has 2 heterocycles. The van der Waals surface area contributed by atoms with Crippen LogP contribution < -0.4 is 20.1 Å². The van der Waals surface area contributed by atoms with Crippen molar-refractivity contribution in [1.29, 1.82) is 10.7 Å². The molecule has 0 bridgehead atoms. The van der Waals surface area contributed by atoms with Crippen LogP contribution in [-0.4, -0.2) is 45.0 Å². The molecular formula is C37H36N8O2. The van der Waals surface area contributed by atoms with Crippen LogP contribution in [0.25, 0.3) is 50.5 Å². The minimum atomic E-state index is 0.155. The molecule has 0 fully saturated rings. The fourth-order valence-corrected chi connectivity index (χ4v) is 5.31. The molecule has 0 atom stereocenters. The van der Waals surface area contributed by atoms with Crippen molar-refractivity contribution in [3.8, 4) is 46.1 Å². The SMILES string of the molecule is C=C(NC(C)C)c1ccc2nc(-c3ccc(Oc4ccc(-c5nc6ccc(C(=N)NC(C)C)cc6[nH]5)cc4C#N)c(OC)c3)[nH]c2c1. The Morgan fingerprint density at radius 1 is 0.766 bits per heavy atom. The van der Waals surface area contributed by atoms with E-state index in [1.165, 1.54) is 0 Å². The number of imidazole rings is 2. The molecule has 0 saturated carbocycles. The minimum absolute atomic E-state index is 0.155. The van der Waals surface area contributed by atoms with Gasteiger partial charge in [0.25, 0.3) is 0 Å². The Morgan fingerprint density at radius 3 is 1.94 bits per heavy atom. The highest BCUT2D eigenvalue weighted by Crippen LogP contribution is 2.37. The fourth-order valence-electron chi connectivity index (χ4n) is 5.31. The van der Waals surface area contributed by atoms with E-state index in [0.29, 0.717) is 40.3 Å². The van der Waals surface area contributed by atoms with Crippen molar-refractivity contribution in [1.82, 2.24) is 30.6 Å². The van der Waals surface area contributed by atoms with Crippen LogP contribution in [0.1, 0.15) is 44.4 Å². The van der Waals surface area contributed by atoms with E-state index in [9.17, 15) is 5.26 Å². The van der Waals surface area contributed by atoms with E-state index in [1.54, 1.807) is 25.3 Å². The number of nitriles is 1. The molecule has 0 radical (unpaired) electrons. The zero-order chi connectivity index (χ0) is 33.2. The van der Waals surface area contributed by atoms with Crippen molar-refractivity contribution in [3.63, 3.8) is 0 Å². The zero-order valence-corrected chi connectivity index (χ0v) is 26.9. The summed E-state index contributed by atoms with van der Waals surface area (Å²) in [6.45, 7) is 12.3. The first kappa shape index (κ1) is 30.9. The molecule has 0 unspecified atom stereocenters. The third kappa shape index (κ3) is 6.51. The Labute approximate surface area is 273 Å². The molecule has 0 aliphatic carbocycles. The summed E-state index contributed by atoms with van der Waals surface area (Å²) in [5.41, 5.74) is 7.82. The van der Waals surface area contributed by atoms with Crippen molar-refractivity contribution in [2.24, 2.45) is 0 Å². The average molecular weight is 625 g/mol. The number of H-pyrrole nitrogens is 2. The predicted octanol–water partition coefficient (Wildman–Crippen LogP) is 7.74. The van der Waals surface area contributed by atoms with Gasteiger partial charge in [-0.25, -0.2) is 9.97 Å². The highest BCUT2D eigenvalue weighted by molar-refractivity contribution is 5.99. The highest BCUT2D eigenvalue weighted by atomic mass is 16.5. The summed E-state index contributed by atoms with van der Waals surface area (Å²) in [6, 6.07) is 25.2. The molecule has 236 valence electrons. The van der Waals surface area contributed by atoms with Crippen LogP contribution in [0, 0.1) is 16.7 Å². The van der Waals surface area contributed by atoms with Gasteiger partial charge in [0.05, 0.1) is 34.7 Å². The quantitative estimate of drug-likeness (QED) is 0.0773. The largest absolute Gasteiger partial charge is 0.493 e. The third-order valence-electron chi connectivity index (χ3n) is 7.53. The predicted molar refractivity (Wildman–Crippen MR) is 187 cm³/mol. The number of nitrogens with one attached hydrogen (secondary N) is 5. The lowest BCUT2D eigenvalue weighted by molar-refractivity contribution is 0.378. The maximum atomic E-state index is 10.0. The second-order valence-corrected chi connectivity index (χ2v) is 11.9. The molecule has 0 spiro atoms. The number of ether oxygens (including phenoxy) is 2. The van der Waals surface area contributed by atoms with Gasteiger partial charge in [-0.15, -0.1) is 0 Å². The van der Waals surface area contributed by atoms with Crippen LogP contribution >= 0.6 is 0 Å². The lowest BCUT2D eigenvalue weighted by Gasteiger charge is -2.13. The number of amidine groups is 1. The standard InChI is InChI=1S/C37H36N8O2/c1-20(2)40-22(5)23-7-11-28-30(16-23)44-37(43-28)26-10-14-33(34(18-26)46-6)47-32-13-9-25(15-27(32)19-38)36-42-29-12-8-24(17-31(29)45-36)35(39)41-21(3)4/h7-18,20-21,40H,5H2,1-4,6H3,(H2,39,41)(H,42,45)(H,43,44). The topological polar surface area (TPSA) is 148 Å². The van der Waals surface area contributed by atoms with E-state index >= 15 is 0 Å². The fraction of sp³-hybridized carbons (Fsp3) is 0.189. The molecule has 2 aromatic heterocycles. The summed E-state index contributed by atoms with van der Waals surface area (Å²) in [7, 11) is 1.58. The number of aromatic nitrogens is 4. The molecule has 0 amide bonds. The molecule has 6 aromatic rings. The molecule has 6 rings (SSSR count). The van der Waals surface area contributed by atoms with Gasteiger partial charge in [0, 0.05) is 34.5 Å². The zero-order valence-electron chi connectivity index (χ0n) is 26.9. The summed E-state index contributed by atoms with van der Waals surface area (Å²) in [5, 5.41) is 24.8. The van der Waals surface area contributed by atoms with E-state index in [-0.39, 0.29) is 12.1 Å². The highest BCUT2D eigenvalue weighted by Gasteiger charge is 2.16. The van der Waals surface area contributed by atoms with Gasteiger partial charge in [0.2, 0.25) is 0 Å². The van der Waals surface area contributed by atoms with Gasteiger partial charge in [-0.05, 0) is 100.0 Å². The van der Waals surface area contributed by atoms with Crippen molar-refractivity contribution < 1.29 is 9.47 Å². The molecular weight excluding hydrogens is 588 g/mol. The van der Waals surface area contributed by atoms with Crippen LogP contribution in [0.5, 0.6) is 17.2 Å². The van der Waals surface area contributed by atoms with Gasteiger partial charge in [-0.3, -0.25) is 5.41 Å². The Kier molecular flexibility index (Phi) is 8.38. The molecule has 10 heteroatoms. The monoisotopic (exact) mass is 624 g/mol. The third-order valence-corrected chi connectivity index (χ3v) is 7.53. The lowest BCUT2D eigenvalue weighted by atomic mass is 10.1. The van der Waals surface area contributed by atoms with E-state index in [1.807, 2.05) is 68.4 Å². The second-order valence-electron chi connectivity index (χ2n) is 11.9. The molecule has 0 aliphatic rings. The number of benzene rings is 4. The number of rotatable bonds is 10. The van der Waals surface area contributed by atoms with Gasteiger partial charge < -0.3 is 30.1 Å². The number of nitrogens with zero attached hydrogens (tertiary/aromatic N) is 3. The van der Waals surface area contributed by atoms with Gasteiger partial charge in [-0.2, -0.15) is 5.26 Å². The van der Waals surface area contributed by atoms with Crippen LogP contribution in [0.3, 0.4) is 0 Å². The maximum Gasteiger partial charge on any atom is 0.169 e. The molecule has 47 heavy (non-hydrogen) atoms. The Morgan fingerprint density at radius 2 is 1.34 bits per heavy atom. The van der Waals surface area contributed by atoms with Crippen molar-refractivity contribution in [2.45, 2.75) is 39.8 Å². The number of hydrogen-bond acceptors (Lipinski definition) is 7. The summed E-state index contributed by atoms with van der Waals surface area (Å²) in [6.07, 6.45) is 0. The first-order chi connectivity index (χ1) is 22.6. The number of hydrogen-bond donors (Lipinski definition) is 5. The van der Waals surface area contributed by atoms with E-state index in [4.69, 9.17) is 24.9 Å². The number of aromatic amines is 2. The van der Waals surface area contributed by atoms with Gasteiger partial charge in [0.1, 0.15) is 29.3 Å². The first-order valence-corrected chi connectivity index (χ1v) is 15.3. The summed E-state index contributed by atoms with van der Waals surface area (Å²) >= 11 is 0. The van der Waals surface area contributed by atoms with Crippen LogP contribution in [0.2, 0.25) is 0 Å². The average Bonchev–Trinajstić information content (AvgIpc) is 3.68. The minimum Gasteiger partial charge on any atom is -0.493 e. The van der Waals surface area contributed by atoms with Crippen molar-refractivity contribution in [2.75, 3.05) is 7.11 Å². The van der Waals surface area contributed by atoms with Crippen LogP contribution in [0.4, 0.5) is 0 Å².